The first-order valence-electron chi connectivity index (χ1n) is 6.42. The van der Waals surface area contributed by atoms with E-state index in [0.29, 0.717) is 25.2 Å². The Kier molecular flexibility index (Phi) is 3.82. The molecule has 0 bridgehead atoms. The highest BCUT2D eigenvalue weighted by atomic mass is 16.3. The van der Waals surface area contributed by atoms with Gasteiger partial charge in [-0.25, -0.2) is 0 Å². The topological polar surface area (TPSA) is 52.6 Å². The maximum Gasteiger partial charge on any atom is 0.234 e. The Balaban J connectivity index is 2.00. The number of hydrogen-bond donors (Lipinski definition) is 2. The van der Waals surface area contributed by atoms with Crippen molar-refractivity contribution in [2.75, 3.05) is 13.1 Å². The normalized spacial score (nSPS) is 33.0. The van der Waals surface area contributed by atoms with E-state index in [-0.39, 0.29) is 12.0 Å². The first-order valence-corrected chi connectivity index (χ1v) is 6.42. The fraction of sp³-hybridized carbons (Fsp3) is 0.917. The lowest BCUT2D eigenvalue weighted by Gasteiger charge is -2.44. The Morgan fingerprint density at radius 3 is 3.00 bits per heavy atom. The van der Waals surface area contributed by atoms with Gasteiger partial charge in [-0.3, -0.25) is 9.69 Å². The average molecular weight is 226 g/mol. The van der Waals surface area contributed by atoms with E-state index in [0.717, 1.165) is 19.3 Å². The molecule has 1 aliphatic heterocycles. The third kappa shape index (κ3) is 2.55. The summed E-state index contributed by atoms with van der Waals surface area (Å²) in [7, 11) is 0. The second-order valence-corrected chi connectivity index (χ2v) is 5.02. The number of fused-ring (bicyclic) bond motifs is 1. The van der Waals surface area contributed by atoms with E-state index < -0.39 is 0 Å². The lowest BCUT2D eigenvalue weighted by molar-refractivity contribution is -0.129. The van der Waals surface area contributed by atoms with Crippen molar-refractivity contribution in [1.82, 2.24) is 10.2 Å². The molecule has 2 aliphatic rings. The maximum absolute atomic E-state index is 11.6. The van der Waals surface area contributed by atoms with Crippen molar-refractivity contribution in [2.24, 2.45) is 0 Å². The molecule has 0 aromatic carbocycles. The highest BCUT2D eigenvalue weighted by molar-refractivity contribution is 5.79. The van der Waals surface area contributed by atoms with Crippen LogP contribution in [0.3, 0.4) is 0 Å². The maximum atomic E-state index is 11.6. The van der Waals surface area contributed by atoms with Crippen LogP contribution in [0.5, 0.6) is 0 Å². The minimum atomic E-state index is -0.298. The molecule has 1 saturated carbocycles. The number of carbonyl (C=O) groups excluding carboxylic acids is 1. The van der Waals surface area contributed by atoms with Gasteiger partial charge in [0.2, 0.25) is 5.91 Å². The summed E-state index contributed by atoms with van der Waals surface area (Å²) in [5.41, 5.74) is 0. The minimum absolute atomic E-state index is 0.117. The molecule has 3 atom stereocenters. The molecule has 0 radical (unpaired) electrons. The molecule has 0 aromatic heterocycles. The van der Waals surface area contributed by atoms with Crippen molar-refractivity contribution in [2.45, 2.75) is 57.2 Å². The molecule has 16 heavy (non-hydrogen) atoms. The van der Waals surface area contributed by atoms with E-state index in [4.69, 9.17) is 0 Å². The van der Waals surface area contributed by atoms with Crippen LogP contribution in [0.25, 0.3) is 0 Å². The number of aliphatic hydroxyl groups is 1. The number of hydrogen-bond acceptors (Lipinski definition) is 3. The predicted molar refractivity (Wildman–Crippen MR) is 62.1 cm³/mol. The van der Waals surface area contributed by atoms with Gasteiger partial charge in [0.05, 0.1) is 12.6 Å². The molecule has 92 valence electrons. The molecule has 1 saturated heterocycles. The molecule has 2 unspecified atom stereocenters. The fourth-order valence-electron chi connectivity index (χ4n) is 2.87. The van der Waals surface area contributed by atoms with Crippen LogP contribution in [0.4, 0.5) is 0 Å². The predicted octanol–water partition coefficient (Wildman–Crippen LogP) is 0.500. The Morgan fingerprint density at radius 1 is 1.50 bits per heavy atom. The Bertz CT molecular complexity index is 257. The molecule has 4 heteroatoms. The highest BCUT2D eigenvalue weighted by Crippen LogP contribution is 2.25. The van der Waals surface area contributed by atoms with Crippen molar-refractivity contribution >= 4 is 5.91 Å². The Hall–Kier alpha value is -0.610. The van der Waals surface area contributed by atoms with Crippen LogP contribution in [-0.2, 0) is 4.79 Å². The SMILES string of the molecule is CC[C@@H](O)CN1CC(=O)NC2CCCCC21. The van der Waals surface area contributed by atoms with Gasteiger partial charge in [-0.1, -0.05) is 19.8 Å². The molecule has 1 aliphatic carbocycles. The molecule has 2 N–H and O–H groups in total. The number of carbonyl (C=O) groups is 1. The Morgan fingerprint density at radius 2 is 2.25 bits per heavy atom. The number of amides is 1. The number of rotatable bonds is 3. The van der Waals surface area contributed by atoms with Gasteiger partial charge >= 0.3 is 0 Å². The van der Waals surface area contributed by atoms with E-state index in [1.165, 1.54) is 12.8 Å². The van der Waals surface area contributed by atoms with E-state index in [1.807, 2.05) is 6.92 Å². The lowest BCUT2D eigenvalue weighted by Crippen LogP contribution is -2.62. The van der Waals surface area contributed by atoms with Gasteiger partial charge in [-0.15, -0.1) is 0 Å². The van der Waals surface area contributed by atoms with Gasteiger partial charge in [0.25, 0.3) is 0 Å². The number of aliphatic hydroxyl groups excluding tert-OH is 1. The molecule has 2 fully saturated rings. The summed E-state index contributed by atoms with van der Waals surface area (Å²) in [6.45, 7) is 3.08. The summed E-state index contributed by atoms with van der Waals surface area (Å²) >= 11 is 0. The first-order chi connectivity index (χ1) is 7.70. The van der Waals surface area contributed by atoms with Gasteiger partial charge < -0.3 is 10.4 Å². The summed E-state index contributed by atoms with van der Waals surface area (Å²) in [4.78, 5) is 13.7. The fourth-order valence-corrected chi connectivity index (χ4v) is 2.87. The molecule has 0 spiro atoms. The molecular weight excluding hydrogens is 204 g/mol. The second kappa shape index (κ2) is 5.15. The summed E-state index contributed by atoms with van der Waals surface area (Å²) < 4.78 is 0. The Labute approximate surface area is 97.0 Å². The van der Waals surface area contributed by atoms with Crippen LogP contribution in [0.15, 0.2) is 0 Å². The van der Waals surface area contributed by atoms with Gasteiger partial charge in [-0.2, -0.15) is 0 Å². The van der Waals surface area contributed by atoms with Crippen molar-refractivity contribution in [3.05, 3.63) is 0 Å². The summed E-state index contributed by atoms with van der Waals surface area (Å²) in [5.74, 6) is 0.117. The zero-order chi connectivity index (χ0) is 11.5. The van der Waals surface area contributed by atoms with E-state index in [2.05, 4.69) is 10.2 Å². The standard InChI is InChI=1S/C12H22N2O2/c1-2-9(15)7-14-8-12(16)13-10-5-3-4-6-11(10)14/h9-11,15H,2-8H2,1H3,(H,13,16)/t9-,10?,11?/m1/s1. The van der Waals surface area contributed by atoms with Gasteiger partial charge in [-0.05, 0) is 19.3 Å². The second-order valence-electron chi connectivity index (χ2n) is 5.02. The average Bonchev–Trinajstić information content (AvgIpc) is 2.28. The van der Waals surface area contributed by atoms with Crippen molar-refractivity contribution in [3.8, 4) is 0 Å². The summed E-state index contributed by atoms with van der Waals surface area (Å²) in [6, 6.07) is 0.770. The third-order valence-corrected chi connectivity index (χ3v) is 3.81. The lowest BCUT2D eigenvalue weighted by atomic mass is 9.87. The number of nitrogens with one attached hydrogen (secondary N) is 1. The molecule has 1 amide bonds. The van der Waals surface area contributed by atoms with Crippen LogP contribution >= 0.6 is 0 Å². The molecule has 1 heterocycles. The monoisotopic (exact) mass is 226 g/mol. The zero-order valence-electron chi connectivity index (χ0n) is 9.98. The van der Waals surface area contributed by atoms with Gasteiger partial charge in [0.15, 0.2) is 0 Å². The van der Waals surface area contributed by atoms with Crippen LogP contribution in [0.1, 0.15) is 39.0 Å². The van der Waals surface area contributed by atoms with Crippen LogP contribution in [-0.4, -0.2) is 47.2 Å². The molecule has 4 nitrogen and oxygen atoms in total. The van der Waals surface area contributed by atoms with E-state index >= 15 is 0 Å². The zero-order valence-corrected chi connectivity index (χ0v) is 9.98. The van der Waals surface area contributed by atoms with Crippen LogP contribution < -0.4 is 5.32 Å². The molecule has 2 rings (SSSR count). The van der Waals surface area contributed by atoms with Gasteiger partial charge in [0.1, 0.15) is 0 Å². The van der Waals surface area contributed by atoms with E-state index in [9.17, 15) is 9.90 Å². The van der Waals surface area contributed by atoms with Crippen LogP contribution in [0, 0.1) is 0 Å². The first kappa shape index (κ1) is 11.9. The van der Waals surface area contributed by atoms with Crippen molar-refractivity contribution in [1.29, 1.82) is 0 Å². The third-order valence-electron chi connectivity index (χ3n) is 3.81. The number of β-amino-alcohol motifs (C(OH)–C–C–N with tert-alkyl or cyclic N) is 1. The van der Waals surface area contributed by atoms with E-state index in [1.54, 1.807) is 0 Å². The molecule has 0 aromatic rings. The van der Waals surface area contributed by atoms with Gasteiger partial charge in [0, 0.05) is 18.6 Å². The van der Waals surface area contributed by atoms with Crippen LogP contribution in [0.2, 0.25) is 0 Å². The van der Waals surface area contributed by atoms with Crippen molar-refractivity contribution < 1.29 is 9.90 Å². The minimum Gasteiger partial charge on any atom is -0.392 e. The summed E-state index contributed by atoms with van der Waals surface area (Å²) in [6.07, 6.45) is 5.17. The van der Waals surface area contributed by atoms with Crippen molar-refractivity contribution in [3.63, 3.8) is 0 Å². The highest BCUT2D eigenvalue weighted by Gasteiger charge is 2.36. The smallest absolute Gasteiger partial charge is 0.234 e. The summed E-state index contributed by atoms with van der Waals surface area (Å²) in [5, 5.41) is 12.8. The quantitative estimate of drug-likeness (QED) is 0.737. The number of piperazine rings is 1. The number of nitrogens with zero attached hydrogens (tertiary/aromatic N) is 1. The largest absolute Gasteiger partial charge is 0.392 e. The molecular formula is C12H22N2O2.